The highest BCUT2D eigenvalue weighted by Crippen LogP contribution is 2.28. The number of nitrogens with two attached hydrogens (primary N) is 1. The Morgan fingerprint density at radius 1 is 1.07 bits per heavy atom. The van der Waals surface area contributed by atoms with Gasteiger partial charge in [-0.25, -0.2) is 22.0 Å². The van der Waals surface area contributed by atoms with Gasteiger partial charge >= 0.3 is 0 Å². The van der Waals surface area contributed by atoms with Crippen molar-refractivity contribution < 1.29 is 42.0 Å². The van der Waals surface area contributed by atoms with Crippen molar-refractivity contribution in [2.75, 3.05) is 12.9 Å². The van der Waals surface area contributed by atoms with Crippen LogP contribution < -0.4 is 11.1 Å². The van der Waals surface area contributed by atoms with Gasteiger partial charge in [0.2, 0.25) is 5.82 Å². The van der Waals surface area contributed by atoms with Gasteiger partial charge < -0.3 is 31.1 Å². The molecule has 0 bridgehead atoms. The number of ether oxygens (including phenoxy) is 1. The smallest absolute Gasteiger partial charge is 0.200 e. The molecule has 1 saturated heterocycles. The summed E-state index contributed by atoms with van der Waals surface area (Å²) >= 11 is 1.07. The first-order valence-electron chi connectivity index (χ1n) is 7.54. The normalized spacial score (nSPS) is 29.1. The zero-order valence-electron chi connectivity index (χ0n) is 13.8. The lowest BCUT2D eigenvalue weighted by molar-refractivity contribution is -0.164. The van der Waals surface area contributed by atoms with Crippen molar-refractivity contribution >= 4 is 17.5 Å². The van der Waals surface area contributed by atoms with Gasteiger partial charge in [-0.05, 0) is 6.26 Å². The highest BCUT2D eigenvalue weighted by Gasteiger charge is 2.43. The van der Waals surface area contributed by atoms with Crippen LogP contribution >= 0.6 is 11.8 Å². The van der Waals surface area contributed by atoms with Crippen LogP contribution in [0.5, 0.6) is 0 Å². The number of halogens is 5. The Balaban J connectivity index is 2.34. The van der Waals surface area contributed by atoms with Crippen LogP contribution in [0, 0.1) is 29.1 Å². The van der Waals surface area contributed by atoms with E-state index in [4.69, 9.17) is 10.5 Å². The summed E-state index contributed by atoms with van der Waals surface area (Å²) in [6.07, 6.45) is -1.57. The highest BCUT2D eigenvalue weighted by molar-refractivity contribution is 7.99. The summed E-state index contributed by atoms with van der Waals surface area (Å²) in [5, 5.41) is 31.9. The van der Waals surface area contributed by atoms with Gasteiger partial charge in [-0.1, -0.05) is 0 Å². The van der Waals surface area contributed by atoms with E-state index in [0.29, 0.717) is 6.20 Å². The number of hydrogen-bond donors (Lipinski definition) is 5. The van der Waals surface area contributed by atoms with Crippen LogP contribution in [0.3, 0.4) is 0 Å². The standard InChI is InChI=1S/C15H17F5N2O4S/c1-27-15-14(25)12(13(24)5(3-23)26-15)22-2-4(21)6-7(16)9(18)11(20)10(19)8(6)17/h2,5,12-15,22-25H,3,21H2,1H3/b4-2-. The predicted molar refractivity (Wildman–Crippen MR) is 86.6 cm³/mol. The Bertz CT molecular complexity index is 694. The largest absolute Gasteiger partial charge is 0.397 e. The number of hydrogen-bond acceptors (Lipinski definition) is 7. The monoisotopic (exact) mass is 416 g/mol. The van der Waals surface area contributed by atoms with E-state index < -0.39 is 76.7 Å². The molecule has 1 aromatic rings. The molecule has 1 fully saturated rings. The number of aliphatic hydroxyl groups excluding tert-OH is 3. The molecule has 5 atom stereocenters. The summed E-state index contributed by atoms with van der Waals surface area (Å²) in [7, 11) is 0. The highest BCUT2D eigenvalue weighted by atomic mass is 32.2. The first-order valence-corrected chi connectivity index (χ1v) is 8.83. The van der Waals surface area contributed by atoms with Gasteiger partial charge in [0.05, 0.1) is 23.9 Å². The van der Waals surface area contributed by atoms with E-state index in [9.17, 15) is 37.3 Å². The maximum absolute atomic E-state index is 13.8. The lowest BCUT2D eigenvalue weighted by atomic mass is 9.97. The minimum atomic E-state index is -2.32. The third-order valence-corrected chi connectivity index (χ3v) is 4.90. The van der Waals surface area contributed by atoms with E-state index >= 15 is 0 Å². The van der Waals surface area contributed by atoms with Crippen molar-refractivity contribution in [1.29, 1.82) is 0 Å². The maximum Gasteiger partial charge on any atom is 0.200 e. The summed E-state index contributed by atoms with van der Waals surface area (Å²) < 4.78 is 72.5. The van der Waals surface area contributed by atoms with E-state index in [1.165, 1.54) is 0 Å². The quantitative estimate of drug-likeness (QED) is 0.269. The Morgan fingerprint density at radius 2 is 1.59 bits per heavy atom. The molecule has 1 aliphatic rings. The van der Waals surface area contributed by atoms with Crippen LogP contribution in [0.2, 0.25) is 0 Å². The third-order valence-electron chi connectivity index (χ3n) is 4.05. The van der Waals surface area contributed by atoms with Crippen LogP contribution in [0.25, 0.3) is 5.70 Å². The van der Waals surface area contributed by atoms with Crippen LogP contribution in [0.15, 0.2) is 6.20 Å². The Morgan fingerprint density at radius 3 is 2.07 bits per heavy atom. The van der Waals surface area contributed by atoms with Crippen molar-refractivity contribution in [2.45, 2.75) is 29.8 Å². The van der Waals surface area contributed by atoms with Gasteiger partial charge in [-0.2, -0.15) is 0 Å². The van der Waals surface area contributed by atoms with Gasteiger partial charge in [0, 0.05) is 6.20 Å². The number of benzene rings is 1. The fraction of sp³-hybridized carbons (Fsp3) is 0.467. The number of thioether (sulfide) groups is 1. The Labute approximate surface area is 154 Å². The lowest BCUT2D eigenvalue weighted by Crippen LogP contribution is -2.62. The predicted octanol–water partition coefficient (Wildman–Crippen LogP) is 0.399. The molecule has 6 nitrogen and oxygen atoms in total. The van der Waals surface area contributed by atoms with Gasteiger partial charge in [-0.3, -0.25) is 0 Å². The molecule has 1 aromatic carbocycles. The van der Waals surface area contributed by atoms with E-state index in [-0.39, 0.29) is 0 Å². The summed E-state index contributed by atoms with van der Waals surface area (Å²) in [6, 6.07) is -1.20. The summed E-state index contributed by atoms with van der Waals surface area (Å²) in [5.41, 5.74) is 2.38. The van der Waals surface area contributed by atoms with E-state index in [1.807, 2.05) is 0 Å². The van der Waals surface area contributed by atoms with Crippen molar-refractivity contribution in [3.8, 4) is 0 Å². The van der Waals surface area contributed by atoms with Gasteiger partial charge in [-0.15, -0.1) is 11.8 Å². The van der Waals surface area contributed by atoms with Crippen molar-refractivity contribution in [1.82, 2.24) is 5.32 Å². The van der Waals surface area contributed by atoms with E-state index in [1.54, 1.807) is 6.26 Å². The molecule has 152 valence electrons. The van der Waals surface area contributed by atoms with E-state index in [0.717, 1.165) is 11.8 Å². The van der Waals surface area contributed by atoms with Crippen molar-refractivity contribution in [3.63, 3.8) is 0 Å². The lowest BCUT2D eigenvalue weighted by Gasteiger charge is -2.41. The zero-order valence-corrected chi connectivity index (χ0v) is 14.6. The van der Waals surface area contributed by atoms with Crippen molar-refractivity contribution in [2.24, 2.45) is 5.73 Å². The molecule has 0 spiro atoms. The molecule has 0 radical (unpaired) electrons. The zero-order chi connectivity index (χ0) is 20.5. The molecule has 0 amide bonds. The number of aliphatic hydroxyl groups is 3. The topological polar surface area (TPSA) is 108 Å². The van der Waals surface area contributed by atoms with Gasteiger partial charge in [0.25, 0.3) is 0 Å². The molecule has 0 aromatic heterocycles. The average Bonchev–Trinajstić information content (AvgIpc) is 2.65. The summed E-state index contributed by atoms with van der Waals surface area (Å²) in [4.78, 5) is 0. The van der Waals surface area contributed by atoms with Gasteiger partial charge in [0.1, 0.15) is 23.7 Å². The molecule has 1 aliphatic heterocycles. The molecule has 5 unspecified atom stereocenters. The molecule has 2 rings (SSSR count). The summed E-state index contributed by atoms with van der Waals surface area (Å²) in [6.45, 7) is -0.583. The molecule has 27 heavy (non-hydrogen) atoms. The second-order valence-electron chi connectivity index (χ2n) is 5.68. The van der Waals surface area contributed by atoms with Crippen LogP contribution in [-0.2, 0) is 4.74 Å². The van der Waals surface area contributed by atoms with E-state index in [2.05, 4.69) is 5.32 Å². The van der Waals surface area contributed by atoms with Crippen LogP contribution in [0.1, 0.15) is 5.56 Å². The minimum absolute atomic E-state index is 0.583. The maximum atomic E-state index is 13.8. The molecule has 0 aliphatic carbocycles. The third kappa shape index (κ3) is 3.99. The molecule has 1 heterocycles. The average molecular weight is 416 g/mol. The Hall–Kier alpha value is -1.60. The fourth-order valence-corrected chi connectivity index (χ4v) is 3.30. The molecular formula is C15H17F5N2O4S. The molecule has 6 N–H and O–H groups in total. The van der Waals surface area contributed by atoms with Crippen molar-refractivity contribution in [3.05, 3.63) is 40.8 Å². The number of nitrogens with one attached hydrogen (secondary N) is 1. The summed E-state index contributed by atoms with van der Waals surface area (Å²) in [5.74, 6) is -10.9. The first-order chi connectivity index (χ1) is 12.6. The minimum Gasteiger partial charge on any atom is -0.397 e. The number of rotatable bonds is 5. The second-order valence-corrected chi connectivity index (χ2v) is 6.62. The molecular weight excluding hydrogens is 399 g/mol. The SMILES string of the molecule is CSC1OC(CO)C(O)C(N/C=C(\N)c2c(F)c(F)c(F)c(F)c2F)C1O. The molecule has 12 heteroatoms. The fourth-order valence-electron chi connectivity index (χ4n) is 2.60. The second kappa shape index (κ2) is 8.61. The first kappa shape index (κ1) is 21.7. The van der Waals surface area contributed by atoms with Crippen LogP contribution in [-0.4, -0.2) is 58.0 Å². The molecule has 0 saturated carbocycles. The Kier molecular flexibility index (Phi) is 6.92. The van der Waals surface area contributed by atoms with Gasteiger partial charge in [0.15, 0.2) is 23.3 Å². The van der Waals surface area contributed by atoms with Crippen LogP contribution in [0.4, 0.5) is 22.0 Å².